The minimum atomic E-state index is 0.437. The van der Waals surface area contributed by atoms with Crippen molar-refractivity contribution in [3.05, 3.63) is 47.2 Å². The monoisotopic (exact) mass is 262 g/mol. The number of benzene rings is 1. The van der Waals surface area contributed by atoms with Crippen molar-refractivity contribution < 1.29 is 0 Å². The summed E-state index contributed by atoms with van der Waals surface area (Å²) in [6.07, 6.45) is 3.66. The zero-order valence-electron chi connectivity index (χ0n) is 8.62. The highest BCUT2D eigenvalue weighted by Gasteiger charge is 2.08. The van der Waals surface area contributed by atoms with Gasteiger partial charge in [-0.25, -0.2) is 4.68 Å². The maximum Gasteiger partial charge on any atom is 0.207 e. The van der Waals surface area contributed by atoms with E-state index in [0.717, 1.165) is 16.3 Å². The molecule has 0 aliphatic carbocycles. The van der Waals surface area contributed by atoms with Crippen molar-refractivity contribution in [1.82, 2.24) is 20.0 Å². The molecule has 0 aliphatic rings. The highest BCUT2D eigenvalue weighted by atomic mass is 35.5. The molecule has 0 saturated carbocycles. The van der Waals surface area contributed by atoms with E-state index in [1.807, 2.05) is 36.5 Å². The number of rotatable bonds is 2. The van der Waals surface area contributed by atoms with Crippen LogP contribution in [0.3, 0.4) is 0 Å². The highest BCUT2D eigenvalue weighted by Crippen LogP contribution is 2.26. The van der Waals surface area contributed by atoms with Crippen molar-refractivity contribution in [3.8, 4) is 16.3 Å². The van der Waals surface area contributed by atoms with E-state index in [2.05, 4.69) is 15.3 Å². The van der Waals surface area contributed by atoms with Crippen LogP contribution in [0.4, 0.5) is 0 Å². The Morgan fingerprint density at radius 1 is 1.12 bits per heavy atom. The first-order valence-electron chi connectivity index (χ1n) is 4.92. The molecule has 0 aliphatic heterocycles. The Morgan fingerprint density at radius 2 is 1.94 bits per heavy atom. The van der Waals surface area contributed by atoms with Crippen molar-refractivity contribution in [2.45, 2.75) is 0 Å². The smallest absolute Gasteiger partial charge is 0.207 e. The van der Waals surface area contributed by atoms with E-state index in [4.69, 9.17) is 11.6 Å². The van der Waals surface area contributed by atoms with E-state index in [1.54, 1.807) is 10.9 Å². The Balaban J connectivity index is 1.99. The molecular formula is C11H7ClN4S. The average molecular weight is 263 g/mol. The summed E-state index contributed by atoms with van der Waals surface area (Å²) in [5.74, 6) is 0. The van der Waals surface area contributed by atoms with Gasteiger partial charge in [0.1, 0.15) is 0 Å². The molecule has 1 aromatic carbocycles. The fourth-order valence-corrected chi connectivity index (χ4v) is 2.28. The van der Waals surface area contributed by atoms with Gasteiger partial charge in [0.15, 0.2) is 5.01 Å². The molecule has 0 atom stereocenters. The number of hydrogen-bond donors (Lipinski definition) is 0. The molecule has 84 valence electrons. The molecule has 3 rings (SSSR count). The van der Waals surface area contributed by atoms with Gasteiger partial charge in [-0.05, 0) is 23.7 Å². The third-order valence-electron chi connectivity index (χ3n) is 2.25. The lowest BCUT2D eigenvalue weighted by molar-refractivity contribution is 0.880. The molecule has 0 unspecified atom stereocenters. The first-order chi connectivity index (χ1) is 8.33. The standard InChI is InChI=1S/C11H7ClN4S/c12-11-15-14-10(17-11)8-6-13-16(7-8)9-4-2-1-3-5-9/h1-7H. The predicted molar refractivity (Wildman–Crippen MR) is 67.5 cm³/mol. The van der Waals surface area contributed by atoms with Crippen LogP contribution < -0.4 is 0 Å². The number of aromatic nitrogens is 4. The van der Waals surface area contributed by atoms with Crippen molar-refractivity contribution in [3.63, 3.8) is 0 Å². The third-order valence-corrected chi connectivity index (χ3v) is 3.32. The fourth-order valence-electron chi connectivity index (χ4n) is 1.48. The van der Waals surface area contributed by atoms with Crippen LogP contribution in [0.5, 0.6) is 0 Å². The van der Waals surface area contributed by atoms with Crippen LogP contribution in [0.15, 0.2) is 42.7 Å². The minimum Gasteiger partial charge on any atom is -0.240 e. The third kappa shape index (κ3) is 2.07. The second-order valence-electron chi connectivity index (χ2n) is 3.37. The van der Waals surface area contributed by atoms with Gasteiger partial charge >= 0.3 is 0 Å². The van der Waals surface area contributed by atoms with Crippen LogP contribution in [-0.4, -0.2) is 20.0 Å². The van der Waals surface area contributed by atoms with Gasteiger partial charge in [0.2, 0.25) is 4.47 Å². The lowest BCUT2D eigenvalue weighted by Crippen LogP contribution is -1.92. The number of hydrogen-bond acceptors (Lipinski definition) is 4. The Labute approximate surface area is 107 Å². The Kier molecular flexibility index (Phi) is 2.62. The van der Waals surface area contributed by atoms with E-state index >= 15 is 0 Å². The topological polar surface area (TPSA) is 43.6 Å². The zero-order chi connectivity index (χ0) is 11.7. The van der Waals surface area contributed by atoms with Crippen molar-refractivity contribution in [1.29, 1.82) is 0 Å². The van der Waals surface area contributed by atoms with Crippen LogP contribution in [0.1, 0.15) is 0 Å². The van der Waals surface area contributed by atoms with Gasteiger partial charge in [0.25, 0.3) is 0 Å². The maximum absolute atomic E-state index is 5.75. The second-order valence-corrected chi connectivity index (χ2v) is 4.93. The van der Waals surface area contributed by atoms with Gasteiger partial charge in [0.05, 0.1) is 17.4 Å². The van der Waals surface area contributed by atoms with Crippen molar-refractivity contribution in [2.24, 2.45) is 0 Å². The molecule has 2 aromatic heterocycles. The van der Waals surface area contributed by atoms with Crippen molar-refractivity contribution in [2.75, 3.05) is 0 Å². The van der Waals surface area contributed by atoms with Crippen LogP contribution in [0.25, 0.3) is 16.3 Å². The molecule has 2 heterocycles. The van der Waals surface area contributed by atoms with Gasteiger partial charge in [-0.1, -0.05) is 29.5 Å². The molecule has 6 heteroatoms. The SMILES string of the molecule is Clc1nnc(-c2cnn(-c3ccccc3)c2)s1. The molecule has 0 N–H and O–H groups in total. The van der Waals surface area contributed by atoms with Gasteiger partial charge in [0, 0.05) is 6.20 Å². The summed E-state index contributed by atoms with van der Waals surface area (Å²) >= 11 is 7.09. The lowest BCUT2D eigenvalue weighted by atomic mass is 10.3. The molecular weight excluding hydrogens is 256 g/mol. The molecule has 0 bridgehead atoms. The van der Waals surface area contributed by atoms with Gasteiger partial charge in [-0.15, -0.1) is 10.2 Å². The minimum absolute atomic E-state index is 0.437. The molecule has 3 aromatic rings. The summed E-state index contributed by atoms with van der Waals surface area (Å²) < 4.78 is 2.23. The quantitative estimate of drug-likeness (QED) is 0.713. The molecule has 0 saturated heterocycles. The molecule has 0 spiro atoms. The van der Waals surface area contributed by atoms with E-state index in [-0.39, 0.29) is 0 Å². The molecule has 0 radical (unpaired) electrons. The highest BCUT2D eigenvalue weighted by molar-refractivity contribution is 7.18. The number of nitrogens with zero attached hydrogens (tertiary/aromatic N) is 4. The van der Waals surface area contributed by atoms with Crippen LogP contribution in [0, 0.1) is 0 Å². The molecule has 4 nitrogen and oxygen atoms in total. The molecule has 0 fully saturated rings. The molecule has 17 heavy (non-hydrogen) atoms. The lowest BCUT2D eigenvalue weighted by Gasteiger charge is -1.98. The summed E-state index contributed by atoms with van der Waals surface area (Å²) in [7, 11) is 0. The summed E-state index contributed by atoms with van der Waals surface area (Å²) in [5, 5.41) is 12.8. The predicted octanol–water partition coefficient (Wildman–Crippen LogP) is 3.04. The van der Waals surface area contributed by atoms with Crippen LogP contribution in [-0.2, 0) is 0 Å². The first-order valence-corrected chi connectivity index (χ1v) is 6.12. The van der Waals surface area contributed by atoms with E-state index in [9.17, 15) is 0 Å². The van der Waals surface area contributed by atoms with E-state index < -0.39 is 0 Å². The van der Waals surface area contributed by atoms with Crippen LogP contribution in [0.2, 0.25) is 4.47 Å². The second kappa shape index (κ2) is 4.27. The van der Waals surface area contributed by atoms with E-state index in [0.29, 0.717) is 4.47 Å². The first kappa shape index (κ1) is 10.4. The van der Waals surface area contributed by atoms with Crippen LogP contribution >= 0.6 is 22.9 Å². The maximum atomic E-state index is 5.75. The summed E-state index contributed by atoms with van der Waals surface area (Å²) in [6.45, 7) is 0. The Morgan fingerprint density at radius 3 is 2.65 bits per heavy atom. The zero-order valence-corrected chi connectivity index (χ0v) is 10.2. The van der Waals surface area contributed by atoms with Crippen molar-refractivity contribution >= 4 is 22.9 Å². The Hall–Kier alpha value is -1.72. The normalized spacial score (nSPS) is 10.6. The van der Waals surface area contributed by atoms with Gasteiger partial charge < -0.3 is 0 Å². The molecule has 0 amide bonds. The number of halogens is 1. The average Bonchev–Trinajstić information content (AvgIpc) is 2.98. The summed E-state index contributed by atoms with van der Waals surface area (Å²) in [6, 6.07) is 9.89. The summed E-state index contributed by atoms with van der Waals surface area (Å²) in [4.78, 5) is 0. The summed E-state index contributed by atoms with van der Waals surface area (Å²) in [5.41, 5.74) is 1.92. The largest absolute Gasteiger partial charge is 0.240 e. The van der Waals surface area contributed by atoms with E-state index in [1.165, 1.54) is 11.3 Å². The fraction of sp³-hybridized carbons (Fsp3) is 0. The Bertz CT molecular complexity index is 632. The van der Waals surface area contributed by atoms with Gasteiger partial charge in [-0.2, -0.15) is 5.10 Å². The van der Waals surface area contributed by atoms with Gasteiger partial charge in [-0.3, -0.25) is 0 Å². The number of para-hydroxylation sites is 1.